The molecule has 0 atom stereocenters. The van der Waals surface area contributed by atoms with Gasteiger partial charge in [0.15, 0.2) is 0 Å². The first-order valence-corrected chi connectivity index (χ1v) is 9.90. The number of methoxy groups -OCH3 is 1. The molecule has 154 valence electrons. The van der Waals surface area contributed by atoms with E-state index in [0.717, 1.165) is 24.2 Å². The van der Waals surface area contributed by atoms with Crippen LogP contribution in [-0.2, 0) is 17.8 Å². The average Bonchev–Trinajstić information content (AvgIpc) is 2.79. The maximum absolute atomic E-state index is 12.6. The van der Waals surface area contributed by atoms with Gasteiger partial charge < -0.3 is 14.8 Å². The smallest absolute Gasteiger partial charge is 0.339 e. The van der Waals surface area contributed by atoms with Crippen LogP contribution in [0.5, 0.6) is 5.75 Å². The number of aryl methyl sites for hydroxylation is 1. The first-order chi connectivity index (χ1) is 14.6. The van der Waals surface area contributed by atoms with Gasteiger partial charge in [0.25, 0.3) is 5.91 Å². The molecule has 3 aromatic rings. The fraction of sp³-hybridized carbons (Fsp3) is 0.200. The van der Waals surface area contributed by atoms with E-state index >= 15 is 0 Å². The van der Waals surface area contributed by atoms with Gasteiger partial charge >= 0.3 is 5.97 Å². The maximum atomic E-state index is 12.6. The zero-order valence-corrected chi connectivity index (χ0v) is 17.2. The highest BCUT2D eigenvalue weighted by Gasteiger charge is 2.14. The average molecular weight is 403 g/mol. The van der Waals surface area contributed by atoms with Crippen LogP contribution in [0.3, 0.4) is 0 Å². The lowest BCUT2D eigenvalue weighted by atomic mass is 10.1. The highest BCUT2D eigenvalue weighted by molar-refractivity contribution is 6.08. The molecular formula is C25H25NO4. The second kappa shape index (κ2) is 10.3. The number of anilines is 1. The van der Waals surface area contributed by atoms with Crippen molar-refractivity contribution in [1.82, 2.24) is 0 Å². The SMILES string of the molecule is CCCc1ccc(OCc2ccc(C(=O)Nc3ccccc3C(=O)OC)cc2)cc1. The Morgan fingerprint density at radius 1 is 0.867 bits per heavy atom. The van der Waals surface area contributed by atoms with Crippen molar-refractivity contribution in [1.29, 1.82) is 0 Å². The third kappa shape index (κ3) is 5.47. The molecule has 0 bridgehead atoms. The number of nitrogens with one attached hydrogen (secondary N) is 1. The maximum Gasteiger partial charge on any atom is 0.339 e. The molecule has 0 spiro atoms. The Bertz CT molecular complexity index is 994. The minimum absolute atomic E-state index is 0.301. The number of amides is 1. The Balaban J connectivity index is 1.60. The third-order valence-electron chi connectivity index (χ3n) is 4.66. The van der Waals surface area contributed by atoms with Crippen LogP contribution in [0.4, 0.5) is 5.69 Å². The second-order valence-corrected chi connectivity index (χ2v) is 6.87. The zero-order chi connectivity index (χ0) is 21.3. The number of hydrogen-bond donors (Lipinski definition) is 1. The van der Waals surface area contributed by atoms with Crippen molar-refractivity contribution >= 4 is 17.6 Å². The molecule has 5 nitrogen and oxygen atoms in total. The summed E-state index contributed by atoms with van der Waals surface area (Å²) in [5.41, 5.74) is 3.46. The van der Waals surface area contributed by atoms with Gasteiger partial charge in [-0.25, -0.2) is 4.79 Å². The van der Waals surface area contributed by atoms with Crippen molar-refractivity contribution in [3.8, 4) is 5.75 Å². The topological polar surface area (TPSA) is 64.6 Å². The molecule has 30 heavy (non-hydrogen) atoms. The monoisotopic (exact) mass is 403 g/mol. The van der Waals surface area contributed by atoms with Gasteiger partial charge in [0.1, 0.15) is 12.4 Å². The van der Waals surface area contributed by atoms with Crippen LogP contribution in [0.15, 0.2) is 72.8 Å². The Labute approximate surface area is 176 Å². The summed E-state index contributed by atoms with van der Waals surface area (Å²) in [5, 5.41) is 2.76. The van der Waals surface area contributed by atoms with Gasteiger partial charge in [-0.2, -0.15) is 0 Å². The van der Waals surface area contributed by atoms with Crippen molar-refractivity contribution in [3.05, 3.63) is 95.1 Å². The number of esters is 1. The van der Waals surface area contributed by atoms with E-state index < -0.39 is 5.97 Å². The number of carbonyl (C=O) groups is 2. The molecule has 0 saturated carbocycles. The normalized spacial score (nSPS) is 10.3. The molecular weight excluding hydrogens is 378 g/mol. The van der Waals surface area contributed by atoms with Crippen LogP contribution in [0.2, 0.25) is 0 Å². The summed E-state index contributed by atoms with van der Waals surface area (Å²) in [4.78, 5) is 24.4. The van der Waals surface area contributed by atoms with E-state index in [-0.39, 0.29) is 5.91 Å². The first-order valence-electron chi connectivity index (χ1n) is 9.90. The predicted molar refractivity (Wildman–Crippen MR) is 117 cm³/mol. The number of ether oxygens (including phenoxy) is 2. The number of rotatable bonds is 8. The Morgan fingerprint density at radius 3 is 2.20 bits per heavy atom. The summed E-state index contributed by atoms with van der Waals surface area (Å²) in [7, 11) is 1.31. The molecule has 0 aromatic heterocycles. The van der Waals surface area contributed by atoms with Gasteiger partial charge in [-0.05, 0) is 53.9 Å². The molecule has 3 aromatic carbocycles. The fourth-order valence-electron chi connectivity index (χ4n) is 3.03. The molecule has 3 rings (SSSR count). The molecule has 0 radical (unpaired) electrons. The van der Waals surface area contributed by atoms with Gasteiger partial charge in [0.2, 0.25) is 0 Å². The predicted octanol–water partition coefficient (Wildman–Crippen LogP) is 5.26. The van der Waals surface area contributed by atoms with Crippen LogP contribution < -0.4 is 10.1 Å². The van der Waals surface area contributed by atoms with E-state index in [4.69, 9.17) is 9.47 Å². The summed E-state index contributed by atoms with van der Waals surface area (Å²) < 4.78 is 10.6. The molecule has 0 fully saturated rings. The molecule has 1 N–H and O–H groups in total. The van der Waals surface area contributed by atoms with Crippen molar-refractivity contribution < 1.29 is 19.1 Å². The van der Waals surface area contributed by atoms with E-state index in [1.54, 1.807) is 36.4 Å². The Kier molecular flexibility index (Phi) is 7.22. The van der Waals surface area contributed by atoms with Gasteiger partial charge in [-0.1, -0.05) is 49.7 Å². The highest BCUT2D eigenvalue weighted by Crippen LogP contribution is 2.18. The Morgan fingerprint density at radius 2 is 1.53 bits per heavy atom. The molecule has 0 aliphatic carbocycles. The summed E-state index contributed by atoms with van der Waals surface area (Å²) in [5.74, 6) is 0.0162. The molecule has 1 amide bonds. The molecule has 0 aliphatic heterocycles. The molecule has 5 heteroatoms. The fourth-order valence-corrected chi connectivity index (χ4v) is 3.03. The van der Waals surface area contributed by atoms with Gasteiger partial charge in [0, 0.05) is 5.56 Å². The quantitative estimate of drug-likeness (QED) is 0.521. The minimum Gasteiger partial charge on any atom is -0.489 e. The Hall–Kier alpha value is -3.60. The van der Waals surface area contributed by atoms with Crippen LogP contribution in [0.1, 0.15) is 45.2 Å². The van der Waals surface area contributed by atoms with Crippen molar-refractivity contribution in [2.75, 3.05) is 12.4 Å². The standard InChI is InChI=1S/C25H25NO4/c1-3-6-18-11-15-21(16-12-18)30-17-19-9-13-20(14-10-19)24(27)26-23-8-5-4-7-22(23)25(28)29-2/h4-5,7-16H,3,6,17H2,1-2H3,(H,26,27). The summed E-state index contributed by atoms with van der Waals surface area (Å²) >= 11 is 0. The lowest BCUT2D eigenvalue weighted by Crippen LogP contribution is -2.15. The number of para-hydroxylation sites is 1. The van der Waals surface area contributed by atoms with Gasteiger partial charge in [-0.15, -0.1) is 0 Å². The first kappa shape index (κ1) is 21.1. The third-order valence-corrected chi connectivity index (χ3v) is 4.66. The molecule has 0 unspecified atom stereocenters. The van der Waals surface area contributed by atoms with E-state index in [2.05, 4.69) is 24.4 Å². The van der Waals surface area contributed by atoms with Crippen LogP contribution >= 0.6 is 0 Å². The van der Waals surface area contributed by atoms with Crippen molar-refractivity contribution in [2.45, 2.75) is 26.4 Å². The van der Waals surface area contributed by atoms with E-state index in [1.165, 1.54) is 12.7 Å². The van der Waals surface area contributed by atoms with Crippen LogP contribution in [0, 0.1) is 0 Å². The lowest BCUT2D eigenvalue weighted by molar-refractivity contribution is 0.0602. The minimum atomic E-state index is -0.499. The summed E-state index contributed by atoms with van der Waals surface area (Å²) in [6.45, 7) is 2.58. The lowest BCUT2D eigenvalue weighted by Gasteiger charge is -2.10. The van der Waals surface area contributed by atoms with E-state index in [9.17, 15) is 9.59 Å². The largest absolute Gasteiger partial charge is 0.489 e. The van der Waals surface area contributed by atoms with Crippen LogP contribution in [-0.4, -0.2) is 19.0 Å². The number of carbonyl (C=O) groups excluding carboxylic acids is 2. The van der Waals surface area contributed by atoms with E-state index in [1.807, 2.05) is 24.3 Å². The summed E-state index contributed by atoms with van der Waals surface area (Å²) in [6.07, 6.45) is 2.18. The van der Waals surface area contributed by atoms with Crippen molar-refractivity contribution in [3.63, 3.8) is 0 Å². The van der Waals surface area contributed by atoms with Crippen molar-refractivity contribution in [2.24, 2.45) is 0 Å². The van der Waals surface area contributed by atoms with Crippen LogP contribution in [0.25, 0.3) is 0 Å². The molecule has 0 heterocycles. The van der Waals surface area contributed by atoms with E-state index in [0.29, 0.717) is 23.4 Å². The zero-order valence-electron chi connectivity index (χ0n) is 17.2. The summed E-state index contributed by atoms with van der Waals surface area (Å²) in [6, 6.07) is 22.0. The number of benzene rings is 3. The molecule has 0 saturated heterocycles. The van der Waals surface area contributed by atoms with Gasteiger partial charge in [0.05, 0.1) is 18.4 Å². The van der Waals surface area contributed by atoms with Gasteiger partial charge in [-0.3, -0.25) is 4.79 Å². The number of hydrogen-bond acceptors (Lipinski definition) is 4. The highest BCUT2D eigenvalue weighted by atomic mass is 16.5. The second-order valence-electron chi connectivity index (χ2n) is 6.87. The molecule has 0 aliphatic rings.